The van der Waals surface area contributed by atoms with Crippen molar-refractivity contribution >= 4 is 17.9 Å². The van der Waals surface area contributed by atoms with Crippen molar-refractivity contribution in [3.63, 3.8) is 0 Å². The molecule has 10 nitrogen and oxygen atoms in total. The summed E-state index contributed by atoms with van der Waals surface area (Å²) in [6.45, 7) is 3.75. The minimum Gasteiger partial charge on any atom is -0.479 e. The highest BCUT2D eigenvalue weighted by molar-refractivity contribution is 5.84. The summed E-state index contributed by atoms with van der Waals surface area (Å²) in [6, 6.07) is 6.79. The predicted molar refractivity (Wildman–Crippen MR) is 119 cm³/mol. The fourth-order valence-corrected chi connectivity index (χ4v) is 3.41. The number of carboxylic acid groups (broad SMARTS) is 2. The summed E-state index contributed by atoms with van der Waals surface area (Å²) in [7, 11) is 0. The van der Waals surface area contributed by atoms with Crippen LogP contribution < -0.4 is 0 Å². The number of carboxylic acids is 2. The molecule has 2 unspecified atom stereocenters. The third-order valence-electron chi connectivity index (χ3n) is 5.22. The number of hydrogen-bond acceptors (Lipinski definition) is 8. The summed E-state index contributed by atoms with van der Waals surface area (Å²) in [6.07, 6.45) is 5.07. The maximum atomic E-state index is 11.2. The molecule has 0 spiro atoms. The van der Waals surface area contributed by atoms with Crippen LogP contribution in [0.5, 0.6) is 0 Å². The van der Waals surface area contributed by atoms with E-state index in [1.807, 2.05) is 0 Å². The normalized spacial score (nSPS) is 19.5. The molecule has 2 heterocycles. The highest BCUT2D eigenvalue weighted by Gasteiger charge is 2.46. The van der Waals surface area contributed by atoms with Gasteiger partial charge in [0.05, 0.1) is 6.61 Å². The van der Waals surface area contributed by atoms with Crippen LogP contribution in [0.4, 0.5) is 0 Å². The third kappa shape index (κ3) is 6.69. The Bertz CT molecular complexity index is 985. The number of rotatable bonds is 12. The summed E-state index contributed by atoms with van der Waals surface area (Å²) < 4.78 is 15.5. The van der Waals surface area contributed by atoms with Gasteiger partial charge in [-0.3, -0.25) is 0 Å². The maximum absolute atomic E-state index is 11.2. The second-order valence-electron chi connectivity index (χ2n) is 7.69. The van der Waals surface area contributed by atoms with E-state index >= 15 is 0 Å². The Labute approximate surface area is 196 Å². The Morgan fingerprint density at radius 1 is 0.941 bits per heavy atom. The van der Waals surface area contributed by atoms with E-state index in [0.717, 1.165) is 49.3 Å². The number of ether oxygens (including phenoxy) is 3. The smallest absolute Gasteiger partial charge is 0.336 e. The highest BCUT2D eigenvalue weighted by Crippen LogP contribution is 2.32. The number of unbranched alkanes of at least 4 members (excludes halogenated alkanes) is 3. The highest BCUT2D eigenvalue weighted by atomic mass is 16.7. The van der Waals surface area contributed by atoms with E-state index in [1.165, 1.54) is 0 Å². The Kier molecular flexibility index (Phi) is 8.83. The first-order chi connectivity index (χ1) is 16.4. The van der Waals surface area contributed by atoms with Gasteiger partial charge < -0.3 is 24.4 Å². The van der Waals surface area contributed by atoms with E-state index in [4.69, 9.17) is 24.4 Å². The molecule has 1 aromatic heterocycles. The van der Waals surface area contributed by atoms with Gasteiger partial charge in [0, 0.05) is 29.6 Å². The number of hydrogen-bond donors (Lipinski definition) is 2. The van der Waals surface area contributed by atoms with Crippen LogP contribution in [-0.4, -0.2) is 56.9 Å². The maximum Gasteiger partial charge on any atom is 0.336 e. The molecule has 0 bridgehead atoms. The number of aromatic nitrogens is 2. The second-order valence-corrected chi connectivity index (χ2v) is 7.69. The molecule has 3 rings (SSSR count). The molecule has 1 aliphatic rings. The SMILES string of the molecule is C=CC(=O)OCCCCCCc1cnc(-c2ccc(C3OC(C(=O)O)C(C(=O)O)O3)cc2)nc1. The summed E-state index contributed by atoms with van der Waals surface area (Å²) in [4.78, 5) is 42.2. The van der Waals surface area contributed by atoms with Crippen LogP contribution in [0.2, 0.25) is 0 Å². The van der Waals surface area contributed by atoms with Crippen LogP contribution in [0.1, 0.15) is 43.1 Å². The van der Waals surface area contributed by atoms with Crippen molar-refractivity contribution in [3.05, 3.63) is 60.4 Å². The summed E-state index contributed by atoms with van der Waals surface area (Å²) in [5.74, 6) is -2.66. The molecule has 2 N–H and O–H groups in total. The lowest BCUT2D eigenvalue weighted by Crippen LogP contribution is -2.36. The van der Waals surface area contributed by atoms with E-state index < -0.39 is 36.4 Å². The molecular formula is C24H26N2O8. The summed E-state index contributed by atoms with van der Waals surface area (Å²) in [5, 5.41) is 18.3. The Balaban J connectivity index is 1.48. The standard InChI is InChI=1S/C24H26N2O8/c1-2-18(27)32-12-6-4-3-5-7-15-13-25-21(26-14-15)16-8-10-17(11-9-16)24-33-19(22(28)29)20(34-24)23(30)31/h2,8-11,13-14,19-20,24H,1,3-7,12H2,(H,28,29)(H,30,31). The molecule has 2 atom stereocenters. The molecule has 34 heavy (non-hydrogen) atoms. The van der Waals surface area contributed by atoms with Crippen molar-refractivity contribution < 1.29 is 38.8 Å². The zero-order chi connectivity index (χ0) is 24.5. The molecule has 1 aromatic carbocycles. The van der Waals surface area contributed by atoms with Crippen molar-refractivity contribution in [1.82, 2.24) is 9.97 Å². The van der Waals surface area contributed by atoms with Gasteiger partial charge in [-0.05, 0) is 24.8 Å². The Hall–Kier alpha value is -3.63. The average molecular weight is 470 g/mol. The fourth-order valence-electron chi connectivity index (χ4n) is 3.41. The number of aliphatic carboxylic acids is 2. The largest absolute Gasteiger partial charge is 0.479 e. The number of aryl methyl sites for hydroxylation is 1. The van der Waals surface area contributed by atoms with Gasteiger partial charge in [-0.1, -0.05) is 43.7 Å². The van der Waals surface area contributed by atoms with Gasteiger partial charge in [0.25, 0.3) is 0 Å². The minimum absolute atomic E-state index is 0.397. The Morgan fingerprint density at radius 2 is 1.53 bits per heavy atom. The van der Waals surface area contributed by atoms with E-state index in [-0.39, 0.29) is 0 Å². The van der Waals surface area contributed by atoms with Crippen LogP contribution in [0.15, 0.2) is 49.3 Å². The van der Waals surface area contributed by atoms with Gasteiger partial charge in [0.15, 0.2) is 24.3 Å². The van der Waals surface area contributed by atoms with Crippen molar-refractivity contribution in [2.24, 2.45) is 0 Å². The first-order valence-corrected chi connectivity index (χ1v) is 10.9. The lowest BCUT2D eigenvalue weighted by molar-refractivity contribution is -0.156. The van der Waals surface area contributed by atoms with Crippen LogP contribution in [0.3, 0.4) is 0 Å². The molecule has 0 radical (unpaired) electrons. The van der Waals surface area contributed by atoms with Crippen LogP contribution in [0, 0.1) is 0 Å². The quantitative estimate of drug-likeness (QED) is 0.270. The lowest BCUT2D eigenvalue weighted by Gasteiger charge is -2.10. The molecule has 0 amide bonds. The molecule has 1 aliphatic heterocycles. The zero-order valence-electron chi connectivity index (χ0n) is 18.5. The van der Waals surface area contributed by atoms with E-state index in [0.29, 0.717) is 18.0 Å². The average Bonchev–Trinajstić information content (AvgIpc) is 3.30. The van der Waals surface area contributed by atoms with Gasteiger partial charge in [0.1, 0.15) is 0 Å². The van der Waals surface area contributed by atoms with Crippen molar-refractivity contribution in [2.75, 3.05) is 6.61 Å². The van der Waals surface area contributed by atoms with Gasteiger partial charge >= 0.3 is 17.9 Å². The van der Waals surface area contributed by atoms with E-state index in [9.17, 15) is 14.4 Å². The van der Waals surface area contributed by atoms with E-state index in [1.54, 1.807) is 36.7 Å². The number of carbonyl (C=O) groups excluding carboxylic acids is 1. The number of carbonyl (C=O) groups is 3. The topological polar surface area (TPSA) is 145 Å². The predicted octanol–water partition coefficient (Wildman–Crippen LogP) is 2.93. The molecular weight excluding hydrogens is 444 g/mol. The molecule has 1 saturated heterocycles. The first-order valence-electron chi connectivity index (χ1n) is 10.9. The molecule has 10 heteroatoms. The molecule has 180 valence electrons. The summed E-state index contributed by atoms with van der Waals surface area (Å²) >= 11 is 0. The third-order valence-corrected chi connectivity index (χ3v) is 5.22. The number of esters is 1. The van der Waals surface area contributed by atoms with Crippen LogP contribution >= 0.6 is 0 Å². The van der Waals surface area contributed by atoms with Gasteiger partial charge in [0.2, 0.25) is 0 Å². The van der Waals surface area contributed by atoms with Gasteiger partial charge in [-0.15, -0.1) is 0 Å². The fraction of sp³-hybridized carbons (Fsp3) is 0.375. The molecule has 0 aliphatic carbocycles. The van der Waals surface area contributed by atoms with E-state index in [2.05, 4.69) is 16.5 Å². The molecule has 1 fully saturated rings. The van der Waals surface area contributed by atoms with Crippen molar-refractivity contribution in [2.45, 2.75) is 50.6 Å². The lowest BCUT2D eigenvalue weighted by atomic mass is 10.1. The van der Waals surface area contributed by atoms with Gasteiger partial charge in [-0.25, -0.2) is 24.4 Å². The monoisotopic (exact) mass is 470 g/mol. The number of benzene rings is 1. The molecule has 2 aromatic rings. The van der Waals surface area contributed by atoms with Crippen LogP contribution in [-0.2, 0) is 35.0 Å². The van der Waals surface area contributed by atoms with Crippen molar-refractivity contribution in [1.29, 1.82) is 0 Å². The number of nitrogens with zero attached hydrogens (tertiary/aromatic N) is 2. The first kappa shape index (κ1) is 25.0. The second kappa shape index (κ2) is 12.0. The van der Waals surface area contributed by atoms with Crippen LogP contribution in [0.25, 0.3) is 11.4 Å². The zero-order valence-corrected chi connectivity index (χ0v) is 18.5. The minimum atomic E-state index is -1.58. The molecule has 0 saturated carbocycles. The summed E-state index contributed by atoms with van der Waals surface area (Å²) in [5.41, 5.74) is 2.26. The van der Waals surface area contributed by atoms with Gasteiger partial charge in [-0.2, -0.15) is 0 Å². The Morgan fingerprint density at radius 3 is 2.09 bits per heavy atom. The van der Waals surface area contributed by atoms with Crippen molar-refractivity contribution in [3.8, 4) is 11.4 Å².